The van der Waals surface area contributed by atoms with E-state index in [1.807, 2.05) is 0 Å². The Labute approximate surface area is 95.8 Å². The molecular weight excluding hydrogens is 239 g/mol. The van der Waals surface area contributed by atoms with Gasteiger partial charge in [0.25, 0.3) is 5.92 Å². The van der Waals surface area contributed by atoms with Gasteiger partial charge in [-0.05, 0) is 11.6 Å². The van der Waals surface area contributed by atoms with E-state index in [1.54, 1.807) is 0 Å². The van der Waals surface area contributed by atoms with Crippen LogP contribution in [0.1, 0.15) is 17.5 Å². The van der Waals surface area contributed by atoms with Crippen molar-refractivity contribution in [2.45, 2.75) is 24.9 Å². The normalized spacial score (nSPS) is 12.5. The molecule has 0 spiro atoms. The number of rotatable bonds is 4. The molecular formula is C12H10F5. The summed E-state index contributed by atoms with van der Waals surface area (Å²) < 4.78 is 63.3. The molecule has 0 saturated carbocycles. The van der Waals surface area contributed by atoms with E-state index in [0.717, 1.165) is 24.3 Å². The lowest BCUT2D eigenvalue weighted by atomic mass is 10.0. The molecule has 0 aromatic heterocycles. The minimum Gasteiger partial charge on any atom is -0.206 e. The van der Waals surface area contributed by atoms with Gasteiger partial charge >= 0.3 is 6.18 Å². The van der Waals surface area contributed by atoms with Crippen LogP contribution in [0.5, 0.6) is 0 Å². The Morgan fingerprint density at radius 2 is 1.76 bits per heavy atom. The number of benzene rings is 1. The number of hydrogen-bond donors (Lipinski definition) is 0. The SMILES string of the molecule is [CH]=CCC(F)(F)Cc1cccc(C(F)(F)F)c1. The summed E-state index contributed by atoms with van der Waals surface area (Å²) in [5.41, 5.74) is -0.991. The third-order valence-electron chi connectivity index (χ3n) is 2.13. The lowest BCUT2D eigenvalue weighted by molar-refractivity contribution is -0.137. The predicted octanol–water partition coefficient (Wildman–Crippen LogP) is 4.26. The Morgan fingerprint density at radius 1 is 1.12 bits per heavy atom. The van der Waals surface area contributed by atoms with Crippen LogP contribution in [0.2, 0.25) is 0 Å². The molecule has 17 heavy (non-hydrogen) atoms. The van der Waals surface area contributed by atoms with Gasteiger partial charge in [0.15, 0.2) is 0 Å². The standard InChI is InChI=1S/C12H10F5/c1-2-6-11(13,14)8-9-4-3-5-10(7-9)12(15,16)17/h1-5,7H,6,8H2. The summed E-state index contributed by atoms with van der Waals surface area (Å²) in [6, 6.07) is 3.92. The van der Waals surface area contributed by atoms with Crippen molar-refractivity contribution in [1.29, 1.82) is 0 Å². The fraction of sp³-hybridized carbons (Fsp3) is 0.333. The zero-order valence-corrected chi connectivity index (χ0v) is 8.77. The molecule has 0 aliphatic carbocycles. The van der Waals surface area contributed by atoms with Gasteiger partial charge in [0.05, 0.1) is 5.56 Å². The number of allylic oxidation sites excluding steroid dienone is 1. The van der Waals surface area contributed by atoms with Crippen molar-refractivity contribution in [3.05, 3.63) is 48.0 Å². The molecule has 5 heteroatoms. The first-order valence-corrected chi connectivity index (χ1v) is 4.82. The van der Waals surface area contributed by atoms with Gasteiger partial charge in [-0.15, -0.1) is 0 Å². The van der Waals surface area contributed by atoms with Gasteiger partial charge < -0.3 is 0 Å². The lowest BCUT2D eigenvalue weighted by Gasteiger charge is -2.15. The minimum atomic E-state index is -4.52. The molecule has 1 aromatic carbocycles. The molecule has 0 unspecified atom stereocenters. The Kier molecular flexibility index (Phi) is 3.91. The van der Waals surface area contributed by atoms with Gasteiger partial charge in [-0.2, -0.15) is 13.2 Å². The maximum Gasteiger partial charge on any atom is 0.416 e. The molecule has 1 rings (SSSR count). The Morgan fingerprint density at radius 3 is 2.29 bits per heavy atom. The van der Waals surface area contributed by atoms with Gasteiger partial charge in [-0.3, -0.25) is 0 Å². The summed E-state index contributed by atoms with van der Waals surface area (Å²) in [5.74, 6) is -3.13. The van der Waals surface area contributed by atoms with E-state index in [1.165, 1.54) is 6.07 Å². The molecule has 1 radical (unpaired) electrons. The van der Waals surface area contributed by atoms with E-state index in [2.05, 4.69) is 0 Å². The fourth-order valence-electron chi connectivity index (χ4n) is 1.40. The summed E-state index contributed by atoms with van der Waals surface area (Å²) >= 11 is 0. The monoisotopic (exact) mass is 249 g/mol. The van der Waals surface area contributed by atoms with Gasteiger partial charge in [0.1, 0.15) is 0 Å². The average molecular weight is 249 g/mol. The zero-order chi connectivity index (χ0) is 13.1. The molecule has 1 aromatic rings. The fourth-order valence-corrected chi connectivity index (χ4v) is 1.40. The van der Waals surface area contributed by atoms with Gasteiger partial charge in [-0.25, -0.2) is 8.78 Å². The number of halogens is 5. The van der Waals surface area contributed by atoms with Crippen LogP contribution in [-0.4, -0.2) is 5.92 Å². The van der Waals surface area contributed by atoms with Crippen LogP contribution in [0, 0.1) is 6.58 Å². The highest BCUT2D eigenvalue weighted by Crippen LogP contribution is 2.31. The second-order valence-electron chi connectivity index (χ2n) is 3.67. The Hall–Kier alpha value is -1.39. The second kappa shape index (κ2) is 4.85. The highest BCUT2D eigenvalue weighted by atomic mass is 19.4. The lowest BCUT2D eigenvalue weighted by Crippen LogP contribution is -2.18. The first kappa shape index (κ1) is 13.7. The van der Waals surface area contributed by atoms with E-state index >= 15 is 0 Å². The first-order valence-electron chi connectivity index (χ1n) is 4.82. The maximum absolute atomic E-state index is 13.1. The second-order valence-corrected chi connectivity index (χ2v) is 3.67. The van der Waals surface area contributed by atoms with Crippen molar-refractivity contribution in [3.63, 3.8) is 0 Å². The summed E-state index contributed by atoms with van der Waals surface area (Å²) in [7, 11) is 0. The molecule has 0 aliphatic rings. The van der Waals surface area contributed by atoms with Gasteiger partial charge in [0, 0.05) is 12.8 Å². The maximum atomic E-state index is 13.1. The topological polar surface area (TPSA) is 0 Å². The van der Waals surface area contributed by atoms with Crippen LogP contribution >= 0.6 is 0 Å². The third kappa shape index (κ3) is 4.17. The van der Waals surface area contributed by atoms with Gasteiger partial charge in [-0.1, -0.05) is 30.9 Å². The van der Waals surface area contributed by atoms with Gasteiger partial charge in [0.2, 0.25) is 0 Å². The summed E-state index contributed by atoms with van der Waals surface area (Å²) in [6.45, 7) is 4.88. The minimum absolute atomic E-state index is 0.0633. The molecule has 0 bridgehead atoms. The molecule has 0 N–H and O–H groups in total. The summed E-state index contributed by atoms with van der Waals surface area (Å²) in [4.78, 5) is 0. The highest BCUT2D eigenvalue weighted by molar-refractivity contribution is 5.26. The van der Waals surface area contributed by atoms with Crippen LogP contribution in [0.15, 0.2) is 30.3 Å². The summed E-state index contributed by atoms with van der Waals surface area (Å²) in [6.07, 6.45) is -5.15. The van der Waals surface area contributed by atoms with Crippen molar-refractivity contribution in [1.82, 2.24) is 0 Å². The van der Waals surface area contributed by atoms with E-state index < -0.39 is 30.5 Å². The van der Waals surface area contributed by atoms with Crippen LogP contribution in [0.3, 0.4) is 0 Å². The molecule has 0 atom stereocenters. The molecule has 0 heterocycles. The zero-order valence-electron chi connectivity index (χ0n) is 8.77. The molecule has 0 amide bonds. The van der Waals surface area contributed by atoms with Crippen LogP contribution in [0.4, 0.5) is 22.0 Å². The third-order valence-corrected chi connectivity index (χ3v) is 2.13. The van der Waals surface area contributed by atoms with Crippen molar-refractivity contribution >= 4 is 0 Å². The van der Waals surface area contributed by atoms with Crippen molar-refractivity contribution in [3.8, 4) is 0 Å². The predicted molar refractivity (Wildman–Crippen MR) is 53.6 cm³/mol. The summed E-state index contributed by atoms with van der Waals surface area (Å²) in [5, 5.41) is 0. The number of alkyl halides is 5. The van der Waals surface area contributed by atoms with Crippen molar-refractivity contribution < 1.29 is 22.0 Å². The van der Waals surface area contributed by atoms with Crippen LogP contribution in [-0.2, 0) is 12.6 Å². The molecule has 0 aliphatic heterocycles. The van der Waals surface area contributed by atoms with E-state index in [9.17, 15) is 22.0 Å². The first-order chi connectivity index (χ1) is 7.74. The average Bonchev–Trinajstić information content (AvgIpc) is 2.15. The molecule has 0 saturated heterocycles. The Balaban J connectivity index is 2.90. The van der Waals surface area contributed by atoms with E-state index in [4.69, 9.17) is 6.58 Å². The van der Waals surface area contributed by atoms with Crippen LogP contribution < -0.4 is 0 Å². The van der Waals surface area contributed by atoms with E-state index in [0.29, 0.717) is 0 Å². The number of hydrogen-bond acceptors (Lipinski definition) is 0. The van der Waals surface area contributed by atoms with E-state index in [-0.39, 0.29) is 5.56 Å². The molecule has 0 fully saturated rings. The van der Waals surface area contributed by atoms with Crippen LogP contribution in [0.25, 0.3) is 0 Å². The highest BCUT2D eigenvalue weighted by Gasteiger charge is 2.32. The largest absolute Gasteiger partial charge is 0.416 e. The Bertz CT molecular complexity index is 392. The van der Waals surface area contributed by atoms with Crippen molar-refractivity contribution in [2.24, 2.45) is 0 Å². The smallest absolute Gasteiger partial charge is 0.206 e. The molecule has 0 nitrogen and oxygen atoms in total. The molecule has 93 valence electrons. The quantitative estimate of drug-likeness (QED) is 0.699. The van der Waals surface area contributed by atoms with Crippen molar-refractivity contribution in [2.75, 3.05) is 0 Å².